The van der Waals surface area contributed by atoms with Gasteiger partial charge in [0, 0.05) is 36.3 Å². The van der Waals surface area contributed by atoms with Crippen LogP contribution in [-0.4, -0.2) is 45.4 Å². The zero-order valence-corrected chi connectivity index (χ0v) is 18.6. The summed E-state index contributed by atoms with van der Waals surface area (Å²) in [6.45, 7) is 0.603. The van der Waals surface area contributed by atoms with Gasteiger partial charge in [-0.3, -0.25) is 4.79 Å². The fourth-order valence-corrected chi connectivity index (χ4v) is 4.29. The van der Waals surface area contributed by atoms with Crippen LogP contribution in [0.15, 0.2) is 57.9 Å². The van der Waals surface area contributed by atoms with E-state index >= 15 is 0 Å². The molecule has 152 valence electrons. The molecule has 0 saturated carbocycles. The summed E-state index contributed by atoms with van der Waals surface area (Å²) in [6, 6.07) is 13.2. The second-order valence-corrected chi connectivity index (χ2v) is 9.28. The van der Waals surface area contributed by atoms with Crippen LogP contribution in [-0.2, 0) is 26.1 Å². The number of nitrogens with zero attached hydrogens (tertiary/aromatic N) is 1. The summed E-state index contributed by atoms with van der Waals surface area (Å²) in [6.07, 6.45) is 0.645. The Morgan fingerprint density at radius 1 is 1.18 bits per heavy atom. The second-order valence-electron chi connectivity index (χ2n) is 6.01. The smallest absolute Gasteiger partial charge is 0.243 e. The molecule has 0 radical (unpaired) electrons. The Bertz CT molecular complexity index is 891. The van der Waals surface area contributed by atoms with Crippen LogP contribution in [0, 0.1) is 0 Å². The van der Waals surface area contributed by atoms with Crippen molar-refractivity contribution in [3.63, 3.8) is 0 Å². The van der Waals surface area contributed by atoms with E-state index < -0.39 is 10.0 Å². The van der Waals surface area contributed by atoms with Gasteiger partial charge in [0.15, 0.2) is 0 Å². The van der Waals surface area contributed by atoms with E-state index in [1.165, 1.54) is 12.1 Å². The summed E-state index contributed by atoms with van der Waals surface area (Å²) in [5, 5.41) is 3.16. The molecule has 1 N–H and O–H groups in total. The number of halogens is 2. The van der Waals surface area contributed by atoms with Gasteiger partial charge in [0.05, 0.1) is 11.4 Å². The number of sulfonamides is 1. The van der Waals surface area contributed by atoms with Gasteiger partial charge in [-0.05, 0) is 42.3 Å². The van der Waals surface area contributed by atoms with Gasteiger partial charge in [-0.25, -0.2) is 8.42 Å². The van der Waals surface area contributed by atoms with Crippen LogP contribution in [0.1, 0.15) is 12.0 Å². The van der Waals surface area contributed by atoms with Crippen molar-refractivity contribution in [2.75, 3.05) is 26.8 Å². The van der Waals surface area contributed by atoms with Crippen molar-refractivity contribution in [1.82, 2.24) is 9.62 Å². The Balaban J connectivity index is 2.23. The molecule has 2 aromatic carbocycles. The normalized spacial score (nSPS) is 11.6. The number of carbonyl (C=O) groups is 1. The molecule has 0 saturated heterocycles. The maximum atomic E-state index is 13.1. The maximum absolute atomic E-state index is 13.1. The van der Waals surface area contributed by atoms with Gasteiger partial charge in [-0.2, -0.15) is 4.31 Å². The third-order valence-corrected chi connectivity index (χ3v) is 6.63. The summed E-state index contributed by atoms with van der Waals surface area (Å²) in [5.74, 6) is -0.385. The molecule has 0 spiro atoms. The first kappa shape index (κ1) is 22.8. The average Bonchev–Trinajstić information content (AvgIpc) is 2.66. The molecule has 2 aromatic rings. The number of benzene rings is 2. The van der Waals surface area contributed by atoms with Crippen LogP contribution in [0.25, 0.3) is 0 Å². The highest BCUT2D eigenvalue weighted by molar-refractivity contribution is 9.10. The lowest BCUT2D eigenvalue weighted by atomic mass is 10.2. The van der Waals surface area contributed by atoms with Crippen molar-refractivity contribution in [3.05, 3.63) is 63.6 Å². The van der Waals surface area contributed by atoms with E-state index in [-0.39, 0.29) is 23.9 Å². The molecule has 6 nitrogen and oxygen atoms in total. The maximum Gasteiger partial charge on any atom is 0.243 e. The van der Waals surface area contributed by atoms with Gasteiger partial charge in [-0.15, -0.1) is 0 Å². The zero-order valence-electron chi connectivity index (χ0n) is 15.4. The van der Waals surface area contributed by atoms with E-state index in [1.54, 1.807) is 43.5 Å². The lowest BCUT2D eigenvalue weighted by Gasteiger charge is -2.22. The molecular formula is C19H22BrClN2O4S. The van der Waals surface area contributed by atoms with E-state index in [4.69, 9.17) is 16.3 Å². The number of hydrogen-bond acceptors (Lipinski definition) is 4. The molecule has 0 aliphatic heterocycles. The van der Waals surface area contributed by atoms with Crippen LogP contribution >= 0.6 is 27.5 Å². The minimum atomic E-state index is -3.89. The van der Waals surface area contributed by atoms with Gasteiger partial charge in [0.1, 0.15) is 0 Å². The lowest BCUT2D eigenvalue weighted by molar-refractivity contribution is -0.121. The predicted molar refractivity (Wildman–Crippen MR) is 113 cm³/mol. The number of methoxy groups -OCH3 is 1. The number of hydrogen-bond donors (Lipinski definition) is 1. The summed E-state index contributed by atoms with van der Waals surface area (Å²) in [5.41, 5.74) is 0.622. The molecule has 0 atom stereocenters. The first-order chi connectivity index (χ1) is 13.3. The quantitative estimate of drug-likeness (QED) is 0.519. The highest BCUT2D eigenvalue weighted by atomic mass is 79.9. The van der Waals surface area contributed by atoms with Crippen molar-refractivity contribution in [2.45, 2.75) is 17.9 Å². The Kier molecular flexibility index (Phi) is 8.91. The number of nitrogens with one attached hydrogen (secondary N) is 1. The van der Waals surface area contributed by atoms with E-state index in [2.05, 4.69) is 21.2 Å². The molecular weight excluding hydrogens is 468 g/mol. The Morgan fingerprint density at radius 2 is 1.86 bits per heavy atom. The number of ether oxygens (including phenoxy) is 1. The van der Waals surface area contributed by atoms with Gasteiger partial charge >= 0.3 is 0 Å². The minimum absolute atomic E-state index is 0.0104. The molecule has 28 heavy (non-hydrogen) atoms. The molecule has 0 heterocycles. The second kappa shape index (κ2) is 10.9. The Hall–Kier alpha value is -1.45. The van der Waals surface area contributed by atoms with E-state index in [0.717, 1.165) is 8.78 Å². The molecule has 1 amide bonds. The van der Waals surface area contributed by atoms with Crippen LogP contribution < -0.4 is 5.32 Å². The van der Waals surface area contributed by atoms with Gasteiger partial charge < -0.3 is 10.1 Å². The highest BCUT2D eigenvalue weighted by Gasteiger charge is 2.27. The fraction of sp³-hybridized carbons (Fsp3) is 0.316. The van der Waals surface area contributed by atoms with E-state index in [0.29, 0.717) is 30.2 Å². The molecule has 0 aliphatic rings. The molecule has 0 unspecified atom stereocenters. The largest absolute Gasteiger partial charge is 0.385 e. The van der Waals surface area contributed by atoms with E-state index in [1.807, 2.05) is 0 Å². The molecule has 9 heteroatoms. The number of rotatable bonds is 10. The number of carbonyl (C=O) groups excluding carboxylic acids is 1. The van der Waals surface area contributed by atoms with Crippen LogP contribution in [0.5, 0.6) is 0 Å². The zero-order chi connectivity index (χ0) is 20.6. The molecule has 0 aromatic heterocycles. The van der Waals surface area contributed by atoms with Crippen molar-refractivity contribution in [3.8, 4) is 0 Å². The van der Waals surface area contributed by atoms with Crippen LogP contribution in [0.2, 0.25) is 5.02 Å². The van der Waals surface area contributed by atoms with Gasteiger partial charge in [0.2, 0.25) is 15.9 Å². The highest BCUT2D eigenvalue weighted by Crippen LogP contribution is 2.23. The third-order valence-electron chi connectivity index (χ3n) is 3.92. The summed E-state index contributed by atoms with van der Waals surface area (Å²) in [7, 11) is -2.31. The summed E-state index contributed by atoms with van der Waals surface area (Å²) in [4.78, 5) is 12.4. The van der Waals surface area contributed by atoms with Crippen molar-refractivity contribution >= 4 is 43.5 Å². The van der Waals surface area contributed by atoms with Crippen LogP contribution in [0.3, 0.4) is 0 Å². The van der Waals surface area contributed by atoms with E-state index in [9.17, 15) is 13.2 Å². The standard InChI is InChI=1S/C19H22BrClN2O4S/c1-27-12-4-11-22-19(24)14-23(13-15-5-2-3-6-18(15)21)28(25,26)17-9-7-16(20)8-10-17/h2-3,5-10H,4,11-14H2,1H3,(H,22,24). The molecule has 0 bridgehead atoms. The Labute approximate surface area is 179 Å². The molecule has 0 aliphatic carbocycles. The predicted octanol–water partition coefficient (Wildman–Crippen LogP) is 3.45. The molecule has 2 rings (SSSR count). The lowest BCUT2D eigenvalue weighted by Crippen LogP contribution is -2.40. The molecule has 0 fully saturated rings. The summed E-state index contributed by atoms with van der Waals surface area (Å²) < 4.78 is 33.1. The summed E-state index contributed by atoms with van der Waals surface area (Å²) >= 11 is 9.49. The van der Waals surface area contributed by atoms with Crippen molar-refractivity contribution in [1.29, 1.82) is 0 Å². The fourth-order valence-electron chi connectivity index (χ4n) is 2.46. The first-order valence-corrected chi connectivity index (χ1v) is 11.2. The SMILES string of the molecule is COCCCNC(=O)CN(Cc1ccccc1Cl)S(=O)(=O)c1ccc(Br)cc1. The van der Waals surface area contributed by atoms with Crippen molar-refractivity contribution < 1.29 is 17.9 Å². The first-order valence-electron chi connectivity index (χ1n) is 8.59. The van der Waals surface area contributed by atoms with Gasteiger partial charge in [-0.1, -0.05) is 45.7 Å². The number of amides is 1. The monoisotopic (exact) mass is 488 g/mol. The third kappa shape index (κ3) is 6.56. The van der Waals surface area contributed by atoms with Gasteiger partial charge in [0.25, 0.3) is 0 Å². The Morgan fingerprint density at radius 3 is 2.50 bits per heavy atom. The minimum Gasteiger partial charge on any atom is -0.385 e. The van der Waals surface area contributed by atoms with Crippen molar-refractivity contribution in [2.24, 2.45) is 0 Å². The van der Waals surface area contributed by atoms with Crippen LogP contribution in [0.4, 0.5) is 0 Å². The topological polar surface area (TPSA) is 75.7 Å². The average molecular weight is 490 g/mol.